The van der Waals surface area contributed by atoms with Crippen molar-refractivity contribution in [2.45, 2.75) is 38.2 Å². The third kappa shape index (κ3) is 3.79. The summed E-state index contributed by atoms with van der Waals surface area (Å²) >= 11 is 2.27. The van der Waals surface area contributed by atoms with Crippen LogP contribution in [0.1, 0.15) is 32.1 Å². The molecule has 1 aliphatic rings. The molecule has 1 fully saturated rings. The van der Waals surface area contributed by atoms with Gasteiger partial charge in [-0.25, -0.2) is 4.98 Å². The Morgan fingerprint density at radius 2 is 1.82 bits per heavy atom. The minimum absolute atomic E-state index is 0.220. The van der Waals surface area contributed by atoms with Crippen LogP contribution in [-0.2, 0) is 0 Å². The summed E-state index contributed by atoms with van der Waals surface area (Å²) in [5, 5.41) is 3.22. The molecule has 1 aliphatic carbocycles. The van der Waals surface area contributed by atoms with Gasteiger partial charge in [0.15, 0.2) is 5.82 Å². The Labute approximate surface area is 143 Å². The van der Waals surface area contributed by atoms with Crippen molar-refractivity contribution in [1.82, 2.24) is 9.97 Å². The van der Waals surface area contributed by atoms with Gasteiger partial charge in [-0.2, -0.15) is 4.98 Å². The van der Waals surface area contributed by atoms with Crippen LogP contribution in [0.5, 0.6) is 5.88 Å². The Morgan fingerprint density at radius 1 is 1.09 bits per heavy atom. The molecule has 0 aliphatic heterocycles. The van der Waals surface area contributed by atoms with E-state index in [0.717, 1.165) is 18.5 Å². The van der Waals surface area contributed by atoms with E-state index in [1.807, 2.05) is 24.3 Å². The highest BCUT2D eigenvalue weighted by molar-refractivity contribution is 14.1. The molecular weight excluding hydrogens is 391 g/mol. The topological polar surface area (TPSA) is 73.1 Å². The zero-order valence-corrected chi connectivity index (χ0v) is 14.4. The number of nitrogens with one attached hydrogen (secondary N) is 1. The van der Waals surface area contributed by atoms with Gasteiger partial charge >= 0.3 is 0 Å². The number of aromatic nitrogens is 2. The molecule has 0 bridgehead atoms. The van der Waals surface area contributed by atoms with E-state index in [1.54, 1.807) is 0 Å². The van der Waals surface area contributed by atoms with E-state index >= 15 is 0 Å². The van der Waals surface area contributed by atoms with Gasteiger partial charge in [0.1, 0.15) is 18.1 Å². The highest BCUT2D eigenvalue weighted by Gasteiger charge is 2.18. The minimum Gasteiger partial charge on any atom is -0.473 e. The summed E-state index contributed by atoms with van der Waals surface area (Å²) in [6.45, 7) is 0. The molecule has 1 aromatic carbocycles. The number of anilines is 3. The number of halogens is 1. The molecule has 2 aromatic rings. The van der Waals surface area contributed by atoms with E-state index in [-0.39, 0.29) is 6.10 Å². The van der Waals surface area contributed by atoms with Crippen LogP contribution in [0.25, 0.3) is 0 Å². The van der Waals surface area contributed by atoms with E-state index in [9.17, 15) is 0 Å². The first-order valence-corrected chi connectivity index (χ1v) is 8.60. The first-order valence-electron chi connectivity index (χ1n) is 7.52. The van der Waals surface area contributed by atoms with Gasteiger partial charge in [0.25, 0.3) is 0 Å². The number of hydrogen-bond acceptors (Lipinski definition) is 5. The maximum Gasteiger partial charge on any atom is 0.242 e. The Bertz CT molecular complexity index is 627. The van der Waals surface area contributed by atoms with Crippen molar-refractivity contribution in [3.63, 3.8) is 0 Å². The molecule has 3 N–H and O–H groups in total. The summed E-state index contributed by atoms with van der Waals surface area (Å²) in [6.07, 6.45) is 7.57. The van der Waals surface area contributed by atoms with E-state index in [0.29, 0.717) is 17.4 Å². The molecule has 1 heterocycles. The van der Waals surface area contributed by atoms with Crippen molar-refractivity contribution in [2.24, 2.45) is 0 Å². The van der Waals surface area contributed by atoms with Crippen molar-refractivity contribution >= 4 is 39.8 Å². The van der Waals surface area contributed by atoms with Crippen LogP contribution < -0.4 is 15.8 Å². The summed E-state index contributed by atoms with van der Waals surface area (Å²) in [5.41, 5.74) is 7.57. The van der Waals surface area contributed by atoms with E-state index in [4.69, 9.17) is 10.5 Å². The Hall–Kier alpha value is -1.57. The fourth-order valence-corrected chi connectivity index (χ4v) is 2.94. The van der Waals surface area contributed by atoms with Crippen molar-refractivity contribution in [2.75, 3.05) is 11.1 Å². The predicted octanol–water partition coefficient (Wildman–Crippen LogP) is 4.12. The van der Waals surface area contributed by atoms with Crippen LogP contribution in [0.15, 0.2) is 30.6 Å². The SMILES string of the molecule is Nc1c(Nc2ccc(I)cc2)ncnc1OC1CCCCC1. The molecule has 0 atom stereocenters. The molecule has 116 valence electrons. The third-order valence-electron chi connectivity index (χ3n) is 3.78. The largest absolute Gasteiger partial charge is 0.473 e. The second-order valence-electron chi connectivity index (χ2n) is 5.45. The quantitative estimate of drug-likeness (QED) is 0.742. The Morgan fingerprint density at radius 3 is 2.55 bits per heavy atom. The second-order valence-corrected chi connectivity index (χ2v) is 6.70. The fraction of sp³-hybridized carbons (Fsp3) is 0.375. The standard InChI is InChI=1S/C16H19IN4O/c17-11-6-8-12(9-7-11)21-15-14(18)16(20-10-19-15)22-13-4-2-1-3-5-13/h6-10,13H,1-5,18H2,(H,19,20,21). The number of hydrogen-bond donors (Lipinski definition) is 2. The number of benzene rings is 1. The second kappa shape index (κ2) is 7.13. The lowest BCUT2D eigenvalue weighted by Gasteiger charge is -2.23. The molecule has 6 heteroatoms. The van der Waals surface area contributed by atoms with E-state index in [1.165, 1.54) is 29.2 Å². The average Bonchev–Trinajstić information content (AvgIpc) is 2.54. The first kappa shape index (κ1) is 15.3. The zero-order chi connectivity index (χ0) is 15.4. The van der Waals surface area contributed by atoms with E-state index in [2.05, 4.69) is 37.9 Å². The van der Waals surface area contributed by atoms with Gasteiger partial charge in [-0.05, 0) is 72.5 Å². The lowest BCUT2D eigenvalue weighted by molar-refractivity contribution is 0.149. The van der Waals surface area contributed by atoms with E-state index < -0.39 is 0 Å². The lowest BCUT2D eigenvalue weighted by atomic mass is 9.98. The highest BCUT2D eigenvalue weighted by Crippen LogP contribution is 2.30. The average molecular weight is 410 g/mol. The minimum atomic E-state index is 0.220. The van der Waals surface area contributed by atoms with Gasteiger partial charge in [-0.3, -0.25) is 0 Å². The number of nitrogens with two attached hydrogens (primary N) is 1. The number of nitrogens with zero attached hydrogens (tertiary/aromatic N) is 2. The third-order valence-corrected chi connectivity index (χ3v) is 4.50. The van der Waals surface area contributed by atoms with Crippen LogP contribution in [0, 0.1) is 3.57 Å². The van der Waals surface area contributed by atoms with Gasteiger partial charge in [0.2, 0.25) is 5.88 Å². The summed E-state index contributed by atoms with van der Waals surface area (Å²) < 4.78 is 7.15. The molecule has 5 nitrogen and oxygen atoms in total. The van der Waals surface area contributed by atoms with Gasteiger partial charge in [-0.1, -0.05) is 6.42 Å². The smallest absolute Gasteiger partial charge is 0.242 e. The van der Waals surface area contributed by atoms with Gasteiger partial charge in [0.05, 0.1) is 0 Å². The molecule has 0 spiro atoms. The molecule has 0 unspecified atom stereocenters. The van der Waals surface area contributed by atoms with Crippen molar-refractivity contribution in [3.8, 4) is 5.88 Å². The molecule has 1 saturated carbocycles. The van der Waals surface area contributed by atoms with Crippen molar-refractivity contribution < 1.29 is 4.74 Å². The normalized spacial score (nSPS) is 15.5. The summed E-state index contributed by atoms with van der Waals surface area (Å²) in [6, 6.07) is 8.04. The predicted molar refractivity (Wildman–Crippen MR) is 96.4 cm³/mol. The number of nitrogen functional groups attached to an aromatic ring is 1. The van der Waals surface area contributed by atoms with Crippen LogP contribution in [-0.4, -0.2) is 16.1 Å². The lowest BCUT2D eigenvalue weighted by Crippen LogP contribution is -2.21. The number of ether oxygens (including phenoxy) is 1. The first-order chi connectivity index (χ1) is 10.7. The zero-order valence-electron chi connectivity index (χ0n) is 12.3. The molecule has 22 heavy (non-hydrogen) atoms. The van der Waals surface area contributed by atoms with Crippen LogP contribution in [0.2, 0.25) is 0 Å². The molecule has 1 aromatic heterocycles. The van der Waals surface area contributed by atoms with Crippen molar-refractivity contribution in [1.29, 1.82) is 0 Å². The highest BCUT2D eigenvalue weighted by atomic mass is 127. The maximum absolute atomic E-state index is 6.16. The molecular formula is C16H19IN4O. The molecule has 0 amide bonds. The molecule has 3 rings (SSSR count). The fourth-order valence-electron chi connectivity index (χ4n) is 2.58. The van der Waals surface area contributed by atoms with Crippen LogP contribution in [0.3, 0.4) is 0 Å². The van der Waals surface area contributed by atoms with Crippen molar-refractivity contribution in [3.05, 3.63) is 34.2 Å². The Kier molecular flexibility index (Phi) is 4.97. The maximum atomic E-state index is 6.16. The monoisotopic (exact) mass is 410 g/mol. The van der Waals surface area contributed by atoms with Gasteiger partial charge < -0.3 is 15.8 Å². The summed E-state index contributed by atoms with van der Waals surface area (Å²) in [4.78, 5) is 8.41. The van der Waals surface area contributed by atoms with Gasteiger partial charge in [-0.15, -0.1) is 0 Å². The molecule has 0 radical (unpaired) electrons. The summed E-state index contributed by atoms with van der Waals surface area (Å²) in [5.74, 6) is 1.07. The Balaban J connectivity index is 1.74. The van der Waals surface area contributed by atoms with Gasteiger partial charge in [0, 0.05) is 9.26 Å². The van der Waals surface area contributed by atoms with Crippen LogP contribution in [0.4, 0.5) is 17.2 Å². The molecule has 0 saturated heterocycles. The summed E-state index contributed by atoms with van der Waals surface area (Å²) in [7, 11) is 0. The number of rotatable bonds is 4. The van der Waals surface area contributed by atoms with Crippen LogP contribution >= 0.6 is 22.6 Å².